The van der Waals surface area contributed by atoms with Gasteiger partial charge in [0.05, 0.1) is 23.5 Å². The molecular formula is C15H12ClF2N5O2S2. The standard InChI is InChI=1S/C15H12ClF2N5O2S2/c1-2-6-9(16)8-10(19-6)21-13(22-11(8)23-4-15(17,18)5-23)27-14-20-7(3-26-14)12(24)25/h3H,2,4-5H2,1H3,(H,24,25)(H,19,21,22). The fraction of sp³-hybridized carbons (Fsp3) is 0.333. The number of carbonyl (C=O) groups is 1. The molecule has 3 aromatic rings. The lowest BCUT2D eigenvalue weighted by Crippen LogP contribution is -2.56. The molecule has 0 aliphatic carbocycles. The molecule has 0 radical (unpaired) electrons. The van der Waals surface area contributed by atoms with Crippen molar-refractivity contribution in [2.24, 2.45) is 0 Å². The zero-order valence-corrected chi connectivity index (χ0v) is 16.2. The smallest absolute Gasteiger partial charge is 0.355 e. The van der Waals surface area contributed by atoms with Crippen LogP contribution in [-0.2, 0) is 6.42 Å². The number of hydrogen-bond donors (Lipinski definition) is 2. The molecular weight excluding hydrogens is 420 g/mol. The van der Waals surface area contributed by atoms with E-state index in [2.05, 4.69) is 19.9 Å². The van der Waals surface area contributed by atoms with Crippen molar-refractivity contribution < 1.29 is 18.7 Å². The lowest BCUT2D eigenvalue weighted by atomic mass is 10.1. The SMILES string of the molecule is CCc1[nH]c2nc(Sc3nc(C(=O)O)cs3)nc(N3CC(F)(F)C3)c2c1Cl. The molecule has 142 valence electrons. The Bertz CT molecular complexity index is 1050. The second kappa shape index (κ2) is 6.57. The Hall–Kier alpha value is -1.98. The van der Waals surface area contributed by atoms with Gasteiger partial charge in [0.1, 0.15) is 11.5 Å². The fourth-order valence-corrected chi connectivity index (χ4v) is 4.73. The summed E-state index contributed by atoms with van der Waals surface area (Å²) in [5.41, 5.74) is 1.14. The van der Waals surface area contributed by atoms with Gasteiger partial charge in [-0.2, -0.15) is 0 Å². The number of carboxylic acid groups (broad SMARTS) is 1. The van der Waals surface area contributed by atoms with Gasteiger partial charge in [-0.25, -0.2) is 28.5 Å². The van der Waals surface area contributed by atoms with Crippen LogP contribution in [0.5, 0.6) is 0 Å². The second-order valence-corrected chi connectivity index (χ2v) is 8.39. The quantitative estimate of drug-likeness (QED) is 0.591. The summed E-state index contributed by atoms with van der Waals surface area (Å²) in [5, 5.41) is 11.6. The number of H-pyrrole nitrogens is 1. The molecule has 1 aliphatic heterocycles. The van der Waals surface area contributed by atoms with Crippen LogP contribution >= 0.6 is 34.7 Å². The van der Waals surface area contributed by atoms with Crippen LogP contribution in [0.2, 0.25) is 5.02 Å². The minimum absolute atomic E-state index is 0.0672. The van der Waals surface area contributed by atoms with Crippen LogP contribution in [0.4, 0.5) is 14.6 Å². The Morgan fingerprint density at radius 1 is 1.44 bits per heavy atom. The van der Waals surface area contributed by atoms with Gasteiger partial charge in [0.2, 0.25) is 0 Å². The third-order valence-electron chi connectivity index (χ3n) is 4.00. The zero-order chi connectivity index (χ0) is 19.3. The van der Waals surface area contributed by atoms with E-state index in [1.165, 1.54) is 10.3 Å². The molecule has 1 aliphatic rings. The highest BCUT2D eigenvalue weighted by molar-refractivity contribution is 8.00. The van der Waals surface area contributed by atoms with Gasteiger partial charge in [-0.15, -0.1) is 11.3 Å². The molecule has 0 aromatic carbocycles. The number of aryl methyl sites for hydroxylation is 1. The van der Waals surface area contributed by atoms with E-state index in [1.807, 2.05) is 6.92 Å². The van der Waals surface area contributed by atoms with Crippen molar-refractivity contribution in [2.75, 3.05) is 18.0 Å². The molecule has 4 heterocycles. The number of thiazole rings is 1. The summed E-state index contributed by atoms with van der Waals surface area (Å²) in [6.07, 6.45) is 0.627. The molecule has 3 aromatic heterocycles. The number of rotatable bonds is 5. The first-order chi connectivity index (χ1) is 12.8. The summed E-state index contributed by atoms with van der Waals surface area (Å²) in [7, 11) is 0. The molecule has 0 unspecified atom stereocenters. The van der Waals surface area contributed by atoms with E-state index in [0.29, 0.717) is 32.6 Å². The molecule has 2 N–H and O–H groups in total. The topological polar surface area (TPSA) is 95.0 Å². The van der Waals surface area contributed by atoms with E-state index in [0.717, 1.165) is 28.8 Å². The maximum atomic E-state index is 13.4. The van der Waals surface area contributed by atoms with Crippen LogP contribution < -0.4 is 4.90 Å². The number of hydrogen-bond acceptors (Lipinski definition) is 7. The van der Waals surface area contributed by atoms with Crippen molar-refractivity contribution >= 4 is 57.5 Å². The molecule has 0 spiro atoms. The molecule has 0 amide bonds. The Kier molecular flexibility index (Phi) is 4.47. The molecule has 1 fully saturated rings. The molecule has 27 heavy (non-hydrogen) atoms. The lowest BCUT2D eigenvalue weighted by molar-refractivity contribution is -0.0266. The van der Waals surface area contributed by atoms with Gasteiger partial charge in [0.15, 0.2) is 15.2 Å². The zero-order valence-electron chi connectivity index (χ0n) is 13.8. The summed E-state index contributed by atoms with van der Waals surface area (Å²) >= 11 is 8.62. The van der Waals surface area contributed by atoms with Crippen molar-refractivity contribution in [3.63, 3.8) is 0 Å². The number of anilines is 1. The summed E-state index contributed by atoms with van der Waals surface area (Å²) in [6.45, 7) is 1.04. The summed E-state index contributed by atoms with van der Waals surface area (Å²) in [6, 6.07) is 0. The molecule has 0 bridgehead atoms. The Morgan fingerprint density at radius 2 is 2.19 bits per heavy atom. The number of aromatic carboxylic acids is 1. The number of carboxylic acids is 1. The van der Waals surface area contributed by atoms with Gasteiger partial charge in [-0.1, -0.05) is 18.5 Å². The van der Waals surface area contributed by atoms with Crippen LogP contribution in [0.3, 0.4) is 0 Å². The molecule has 12 heteroatoms. The van der Waals surface area contributed by atoms with E-state index in [-0.39, 0.29) is 10.9 Å². The van der Waals surface area contributed by atoms with Gasteiger partial charge < -0.3 is 15.0 Å². The van der Waals surface area contributed by atoms with Crippen LogP contribution in [0.1, 0.15) is 23.1 Å². The van der Waals surface area contributed by atoms with E-state index in [1.54, 1.807) is 0 Å². The van der Waals surface area contributed by atoms with Crippen molar-refractivity contribution in [3.8, 4) is 0 Å². The van der Waals surface area contributed by atoms with Crippen molar-refractivity contribution in [2.45, 2.75) is 28.8 Å². The summed E-state index contributed by atoms with van der Waals surface area (Å²) < 4.78 is 27.2. The molecule has 4 rings (SSSR count). The fourth-order valence-electron chi connectivity index (χ4n) is 2.73. The van der Waals surface area contributed by atoms with Crippen LogP contribution in [0, 0.1) is 0 Å². The molecule has 1 saturated heterocycles. The van der Waals surface area contributed by atoms with Crippen molar-refractivity contribution in [1.82, 2.24) is 19.9 Å². The highest BCUT2D eigenvalue weighted by Crippen LogP contribution is 2.40. The Morgan fingerprint density at radius 3 is 2.78 bits per heavy atom. The first-order valence-corrected chi connectivity index (χ1v) is 9.92. The van der Waals surface area contributed by atoms with Gasteiger partial charge in [-0.05, 0) is 18.2 Å². The highest BCUT2D eigenvalue weighted by atomic mass is 35.5. The number of aromatic nitrogens is 4. The molecule has 0 saturated carbocycles. The predicted molar refractivity (Wildman–Crippen MR) is 98.6 cm³/mol. The largest absolute Gasteiger partial charge is 0.476 e. The van der Waals surface area contributed by atoms with E-state index in [4.69, 9.17) is 16.7 Å². The Labute approximate surface area is 164 Å². The van der Waals surface area contributed by atoms with Crippen LogP contribution in [-0.4, -0.2) is 50.0 Å². The van der Waals surface area contributed by atoms with Gasteiger partial charge >= 0.3 is 5.97 Å². The molecule has 7 nitrogen and oxygen atoms in total. The normalized spacial score (nSPS) is 15.9. The first kappa shape index (κ1) is 18.4. The number of nitrogens with zero attached hydrogens (tertiary/aromatic N) is 4. The van der Waals surface area contributed by atoms with Crippen LogP contribution in [0.25, 0.3) is 11.0 Å². The molecule has 0 atom stereocenters. The number of alkyl halides is 2. The van der Waals surface area contributed by atoms with E-state index >= 15 is 0 Å². The van der Waals surface area contributed by atoms with Crippen molar-refractivity contribution in [3.05, 3.63) is 21.8 Å². The van der Waals surface area contributed by atoms with E-state index < -0.39 is 25.0 Å². The van der Waals surface area contributed by atoms with Crippen LogP contribution in [0.15, 0.2) is 14.9 Å². The van der Waals surface area contributed by atoms with Gasteiger partial charge in [0.25, 0.3) is 5.92 Å². The Balaban J connectivity index is 1.76. The average Bonchev–Trinajstić information content (AvgIpc) is 3.17. The third-order valence-corrected chi connectivity index (χ3v) is 6.22. The summed E-state index contributed by atoms with van der Waals surface area (Å²) in [4.78, 5) is 28.3. The lowest BCUT2D eigenvalue weighted by Gasteiger charge is -2.39. The average molecular weight is 432 g/mol. The van der Waals surface area contributed by atoms with Gasteiger partial charge in [-0.3, -0.25) is 0 Å². The van der Waals surface area contributed by atoms with E-state index in [9.17, 15) is 13.6 Å². The van der Waals surface area contributed by atoms with Gasteiger partial charge in [0, 0.05) is 11.1 Å². The number of fused-ring (bicyclic) bond motifs is 1. The first-order valence-electron chi connectivity index (χ1n) is 7.85. The minimum atomic E-state index is -2.76. The monoisotopic (exact) mass is 431 g/mol. The number of nitrogens with one attached hydrogen (secondary N) is 1. The maximum absolute atomic E-state index is 13.4. The number of halogens is 3. The number of aromatic amines is 1. The highest BCUT2D eigenvalue weighted by Gasteiger charge is 2.45. The summed E-state index contributed by atoms with van der Waals surface area (Å²) in [5.74, 6) is -3.54. The minimum Gasteiger partial charge on any atom is -0.476 e. The second-order valence-electron chi connectivity index (χ2n) is 5.94. The van der Waals surface area contributed by atoms with Crippen molar-refractivity contribution in [1.29, 1.82) is 0 Å². The third kappa shape index (κ3) is 3.34. The maximum Gasteiger partial charge on any atom is 0.355 e. The predicted octanol–water partition coefficient (Wildman–Crippen LogP) is 3.93.